The van der Waals surface area contributed by atoms with E-state index in [2.05, 4.69) is 65.6 Å². The summed E-state index contributed by atoms with van der Waals surface area (Å²) in [4.78, 5) is 14.4. The van der Waals surface area contributed by atoms with Gasteiger partial charge in [-0.15, -0.1) is 0 Å². The highest BCUT2D eigenvalue weighted by Gasteiger charge is 2.29. The third-order valence-corrected chi connectivity index (χ3v) is 5.63. The highest BCUT2D eigenvalue weighted by Crippen LogP contribution is 2.28. The molecule has 0 amide bonds. The van der Waals surface area contributed by atoms with E-state index >= 15 is 0 Å². The molecule has 1 unspecified atom stereocenters. The average molecular weight is 396 g/mol. The maximum Gasteiger partial charge on any atom is 0.334 e. The Balaban J connectivity index is 1.59. The Bertz CT molecular complexity index is 685. The molecule has 156 valence electrons. The predicted molar refractivity (Wildman–Crippen MR) is 115 cm³/mol. The van der Waals surface area contributed by atoms with Crippen LogP contribution in [0.15, 0.2) is 60.7 Å². The minimum absolute atomic E-state index is 0.140. The van der Waals surface area contributed by atoms with Crippen LogP contribution in [0.1, 0.15) is 50.7 Å². The van der Waals surface area contributed by atoms with E-state index < -0.39 is 6.10 Å². The van der Waals surface area contributed by atoms with Crippen molar-refractivity contribution in [2.75, 3.05) is 6.61 Å². The quantitative estimate of drug-likeness (QED) is 0.562. The Kier molecular flexibility index (Phi) is 8.26. The van der Waals surface area contributed by atoms with Crippen LogP contribution in [0.3, 0.4) is 0 Å². The molecule has 1 aliphatic carbocycles. The second-order valence-electron chi connectivity index (χ2n) is 7.84. The molecule has 1 aliphatic rings. The maximum atomic E-state index is 11.8. The Morgan fingerprint density at radius 3 is 1.93 bits per heavy atom. The number of hydrogen-bond acceptors (Lipinski definition) is 4. The fraction of sp³-hybridized carbons (Fsp3) is 0.480. The van der Waals surface area contributed by atoms with Gasteiger partial charge in [-0.2, -0.15) is 0 Å². The van der Waals surface area contributed by atoms with Crippen LogP contribution in [0, 0.1) is 0 Å². The third kappa shape index (κ3) is 6.69. The molecule has 0 saturated heterocycles. The van der Waals surface area contributed by atoms with Crippen molar-refractivity contribution in [3.63, 3.8) is 0 Å². The number of nitrogens with zero attached hydrogens (tertiary/aromatic N) is 1. The second kappa shape index (κ2) is 11.1. The molecular formula is C25H33NO3. The molecule has 1 fully saturated rings. The molecule has 0 spiro atoms. The number of carbonyl (C=O) groups is 1. The fourth-order valence-electron chi connectivity index (χ4n) is 4.10. The first-order valence-corrected chi connectivity index (χ1v) is 10.8. The monoisotopic (exact) mass is 395 g/mol. The van der Waals surface area contributed by atoms with Crippen LogP contribution in [0.25, 0.3) is 0 Å². The highest BCUT2D eigenvalue weighted by molar-refractivity contribution is 5.74. The minimum Gasteiger partial charge on any atom is -0.464 e. The van der Waals surface area contributed by atoms with E-state index in [1.807, 2.05) is 6.92 Å². The molecule has 0 bridgehead atoms. The molecule has 1 atom stereocenters. The number of esters is 1. The molecule has 0 aromatic heterocycles. The van der Waals surface area contributed by atoms with Gasteiger partial charge in [0.25, 0.3) is 0 Å². The third-order valence-electron chi connectivity index (χ3n) is 5.63. The summed E-state index contributed by atoms with van der Waals surface area (Å²) in [7, 11) is 0. The van der Waals surface area contributed by atoms with E-state index in [0.717, 1.165) is 38.8 Å². The zero-order chi connectivity index (χ0) is 20.5. The normalized spacial score (nSPS) is 20.4. The summed E-state index contributed by atoms with van der Waals surface area (Å²) in [5.41, 5.74) is 2.69. The number of rotatable bonds is 9. The summed E-state index contributed by atoms with van der Waals surface area (Å²) in [6.07, 6.45) is 3.78. The van der Waals surface area contributed by atoms with E-state index in [9.17, 15) is 4.79 Å². The summed E-state index contributed by atoms with van der Waals surface area (Å²) in [6, 6.07) is 21.9. The molecule has 0 aliphatic heterocycles. The lowest BCUT2D eigenvalue weighted by Crippen LogP contribution is -2.40. The number of carbonyl (C=O) groups excluding carboxylic acids is 1. The Morgan fingerprint density at radius 1 is 0.931 bits per heavy atom. The summed E-state index contributed by atoms with van der Waals surface area (Å²) < 4.78 is 11.0. The van der Waals surface area contributed by atoms with Crippen molar-refractivity contribution in [2.24, 2.45) is 0 Å². The number of benzene rings is 2. The van der Waals surface area contributed by atoms with Crippen molar-refractivity contribution in [1.82, 2.24) is 4.90 Å². The standard InChI is InChI=1S/C25H33NO3/c1-3-28-25(27)20(2)29-24-16-14-23(15-17-24)26(18-21-10-6-4-7-11-21)19-22-12-8-5-9-13-22/h4-13,20,23-24H,3,14-19H2,1-2H3. The summed E-state index contributed by atoms with van der Waals surface area (Å²) in [6.45, 7) is 5.91. The van der Waals surface area contributed by atoms with Crippen molar-refractivity contribution < 1.29 is 14.3 Å². The SMILES string of the molecule is CCOC(=O)C(C)OC1CCC(N(Cc2ccccc2)Cc2ccccc2)CC1. The Labute approximate surface area is 174 Å². The van der Waals surface area contributed by atoms with Crippen LogP contribution in [0.4, 0.5) is 0 Å². The van der Waals surface area contributed by atoms with Crippen LogP contribution >= 0.6 is 0 Å². The van der Waals surface area contributed by atoms with Gasteiger partial charge in [0, 0.05) is 19.1 Å². The number of hydrogen-bond donors (Lipinski definition) is 0. The second-order valence-corrected chi connectivity index (χ2v) is 7.84. The van der Waals surface area contributed by atoms with Crippen LogP contribution in [0.2, 0.25) is 0 Å². The van der Waals surface area contributed by atoms with Gasteiger partial charge in [0.15, 0.2) is 6.10 Å². The molecular weight excluding hydrogens is 362 g/mol. The molecule has 3 rings (SSSR count). The van der Waals surface area contributed by atoms with Crippen molar-refractivity contribution in [3.8, 4) is 0 Å². The molecule has 2 aromatic rings. The molecule has 4 nitrogen and oxygen atoms in total. The molecule has 4 heteroatoms. The summed E-state index contributed by atoms with van der Waals surface area (Å²) in [5, 5.41) is 0. The van der Waals surface area contributed by atoms with Crippen molar-refractivity contribution in [2.45, 2.75) is 70.9 Å². The van der Waals surface area contributed by atoms with E-state index in [-0.39, 0.29) is 12.1 Å². The number of ether oxygens (including phenoxy) is 2. The van der Waals surface area contributed by atoms with E-state index in [1.165, 1.54) is 11.1 Å². The zero-order valence-electron chi connectivity index (χ0n) is 17.6. The van der Waals surface area contributed by atoms with Gasteiger partial charge in [-0.1, -0.05) is 60.7 Å². The van der Waals surface area contributed by atoms with E-state index in [1.54, 1.807) is 6.92 Å². The van der Waals surface area contributed by atoms with Gasteiger partial charge >= 0.3 is 5.97 Å². The Morgan fingerprint density at radius 2 is 1.45 bits per heavy atom. The van der Waals surface area contributed by atoms with Gasteiger partial charge in [-0.25, -0.2) is 4.79 Å². The maximum absolute atomic E-state index is 11.8. The smallest absolute Gasteiger partial charge is 0.334 e. The van der Waals surface area contributed by atoms with Crippen LogP contribution in [-0.4, -0.2) is 35.7 Å². The predicted octanol–water partition coefficient (Wildman–Crippen LogP) is 4.97. The van der Waals surface area contributed by atoms with Gasteiger partial charge < -0.3 is 9.47 Å². The summed E-state index contributed by atoms with van der Waals surface area (Å²) in [5.74, 6) is -0.260. The first-order valence-electron chi connectivity index (χ1n) is 10.8. The van der Waals surface area contributed by atoms with Crippen molar-refractivity contribution >= 4 is 5.97 Å². The molecule has 0 N–H and O–H groups in total. The molecule has 2 aromatic carbocycles. The fourth-order valence-corrected chi connectivity index (χ4v) is 4.10. The van der Waals surface area contributed by atoms with Gasteiger partial charge in [0.1, 0.15) is 0 Å². The topological polar surface area (TPSA) is 38.8 Å². The summed E-state index contributed by atoms with van der Waals surface area (Å²) >= 11 is 0. The average Bonchev–Trinajstić information content (AvgIpc) is 2.75. The van der Waals surface area contributed by atoms with Gasteiger partial charge in [0.2, 0.25) is 0 Å². The lowest BCUT2D eigenvalue weighted by molar-refractivity contribution is -0.160. The molecule has 0 radical (unpaired) electrons. The van der Waals surface area contributed by atoms with Gasteiger partial charge in [-0.05, 0) is 50.7 Å². The largest absolute Gasteiger partial charge is 0.464 e. The van der Waals surface area contributed by atoms with Gasteiger partial charge in [-0.3, -0.25) is 4.90 Å². The van der Waals surface area contributed by atoms with E-state index in [0.29, 0.717) is 12.6 Å². The van der Waals surface area contributed by atoms with Gasteiger partial charge in [0.05, 0.1) is 12.7 Å². The first-order chi connectivity index (χ1) is 14.2. The van der Waals surface area contributed by atoms with Crippen LogP contribution < -0.4 is 0 Å². The Hall–Kier alpha value is -2.17. The van der Waals surface area contributed by atoms with Crippen LogP contribution in [0.5, 0.6) is 0 Å². The van der Waals surface area contributed by atoms with E-state index in [4.69, 9.17) is 9.47 Å². The minimum atomic E-state index is -0.485. The highest BCUT2D eigenvalue weighted by atomic mass is 16.6. The van der Waals surface area contributed by atoms with Crippen molar-refractivity contribution in [1.29, 1.82) is 0 Å². The lowest BCUT2D eigenvalue weighted by Gasteiger charge is -2.37. The first kappa shape index (κ1) is 21.5. The lowest BCUT2D eigenvalue weighted by atomic mass is 9.91. The molecule has 0 heterocycles. The van der Waals surface area contributed by atoms with Crippen molar-refractivity contribution in [3.05, 3.63) is 71.8 Å². The molecule has 29 heavy (non-hydrogen) atoms. The zero-order valence-corrected chi connectivity index (χ0v) is 17.6. The van der Waals surface area contributed by atoms with Crippen LogP contribution in [-0.2, 0) is 27.4 Å². The molecule has 1 saturated carbocycles.